The second kappa shape index (κ2) is 11.5. The van der Waals surface area contributed by atoms with Gasteiger partial charge < -0.3 is 24.3 Å². The van der Waals surface area contributed by atoms with Gasteiger partial charge in [0.15, 0.2) is 11.5 Å². The van der Waals surface area contributed by atoms with E-state index >= 15 is 0 Å². The summed E-state index contributed by atoms with van der Waals surface area (Å²) in [4.78, 5) is 13.0. The summed E-state index contributed by atoms with van der Waals surface area (Å²) in [6, 6.07) is 20.5. The molecule has 0 spiro atoms. The summed E-state index contributed by atoms with van der Waals surface area (Å²) >= 11 is 0. The van der Waals surface area contributed by atoms with Crippen LogP contribution in [0.15, 0.2) is 66.7 Å². The van der Waals surface area contributed by atoms with Gasteiger partial charge in [-0.15, -0.1) is 0 Å². The van der Waals surface area contributed by atoms with Crippen LogP contribution in [0.25, 0.3) is 0 Å². The fraction of sp³-hybridized carbons (Fsp3) is 0.241. The van der Waals surface area contributed by atoms with Crippen LogP contribution in [0.3, 0.4) is 0 Å². The van der Waals surface area contributed by atoms with Crippen molar-refractivity contribution in [3.8, 4) is 23.0 Å². The molecule has 0 aliphatic carbocycles. The number of methoxy groups -OCH3 is 3. The lowest BCUT2D eigenvalue weighted by Crippen LogP contribution is -2.13. The molecule has 0 radical (unpaired) electrons. The molecular formula is C29H31N3O5. The molecule has 192 valence electrons. The molecule has 37 heavy (non-hydrogen) atoms. The van der Waals surface area contributed by atoms with Crippen LogP contribution in [-0.4, -0.2) is 37.0 Å². The summed E-state index contributed by atoms with van der Waals surface area (Å²) in [6.07, 6.45) is 0. The molecule has 1 N–H and O–H groups in total. The number of aryl methyl sites for hydroxylation is 1. The molecule has 0 saturated heterocycles. The predicted octanol–water partition coefficient (Wildman–Crippen LogP) is 5.41. The minimum atomic E-state index is -0.195. The number of hydrogen-bond donors (Lipinski definition) is 1. The summed E-state index contributed by atoms with van der Waals surface area (Å²) < 4.78 is 23.6. The van der Waals surface area contributed by atoms with E-state index in [4.69, 9.17) is 18.9 Å². The first kappa shape index (κ1) is 25.6. The van der Waals surface area contributed by atoms with Gasteiger partial charge in [-0.25, -0.2) is 0 Å². The van der Waals surface area contributed by atoms with Crippen molar-refractivity contribution in [1.82, 2.24) is 9.78 Å². The number of nitrogens with one attached hydrogen (secondary N) is 1. The molecule has 0 fully saturated rings. The van der Waals surface area contributed by atoms with E-state index in [0.29, 0.717) is 35.9 Å². The van der Waals surface area contributed by atoms with Crippen LogP contribution >= 0.6 is 0 Å². The minimum absolute atomic E-state index is 0.195. The maximum Gasteiger partial charge on any atom is 0.255 e. The molecule has 0 aliphatic heterocycles. The number of amides is 1. The van der Waals surface area contributed by atoms with Gasteiger partial charge >= 0.3 is 0 Å². The molecule has 0 saturated carbocycles. The van der Waals surface area contributed by atoms with Gasteiger partial charge in [-0.2, -0.15) is 5.10 Å². The van der Waals surface area contributed by atoms with Gasteiger partial charge in [-0.3, -0.25) is 9.48 Å². The van der Waals surface area contributed by atoms with Gasteiger partial charge in [0.1, 0.15) is 18.1 Å². The maximum absolute atomic E-state index is 13.0. The summed E-state index contributed by atoms with van der Waals surface area (Å²) in [7, 11) is 4.85. The Morgan fingerprint density at radius 1 is 0.811 bits per heavy atom. The van der Waals surface area contributed by atoms with Gasteiger partial charge in [0.25, 0.3) is 5.91 Å². The van der Waals surface area contributed by atoms with E-state index in [0.717, 1.165) is 34.0 Å². The van der Waals surface area contributed by atoms with Crippen molar-refractivity contribution in [2.75, 3.05) is 26.6 Å². The Morgan fingerprint density at radius 3 is 2.11 bits per heavy atom. The normalized spacial score (nSPS) is 10.6. The third-order valence-electron chi connectivity index (χ3n) is 6.08. The van der Waals surface area contributed by atoms with E-state index < -0.39 is 0 Å². The minimum Gasteiger partial charge on any atom is -0.497 e. The monoisotopic (exact) mass is 501 g/mol. The van der Waals surface area contributed by atoms with E-state index in [1.807, 2.05) is 73.1 Å². The average Bonchev–Trinajstić information content (AvgIpc) is 3.19. The number of aromatic nitrogens is 2. The molecule has 1 aromatic heterocycles. The van der Waals surface area contributed by atoms with Gasteiger partial charge in [0.2, 0.25) is 0 Å². The SMILES string of the molecule is COc1ccc(OCc2ccc(C(=O)Nc3c(C)nn(Cc4ccc(OC)c(OC)c4)c3C)cc2)cc1. The number of rotatable bonds is 10. The van der Waals surface area contributed by atoms with Crippen molar-refractivity contribution in [2.45, 2.75) is 27.0 Å². The molecule has 1 heterocycles. The number of anilines is 1. The summed E-state index contributed by atoms with van der Waals surface area (Å²) in [5.74, 6) is 2.66. The molecule has 0 unspecified atom stereocenters. The first-order chi connectivity index (χ1) is 17.9. The standard InChI is InChI=1S/C29H31N3O5/c1-19-28(20(2)32(31-19)17-22-8-15-26(35-4)27(16-22)36-5)30-29(33)23-9-6-21(7-10-23)18-37-25-13-11-24(34-3)12-14-25/h6-16H,17-18H2,1-5H3,(H,30,33). The van der Waals surface area contributed by atoms with Crippen molar-refractivity contribution in [1.29, 1.82) is 0 Å². The van der Waals surface area contributed by atoms with Crippen molar-refractivity contribution in [3.63, 3.8) is 0 Å². The van der Waals surface area contributed by atoms with Crippen LogP contribution in [0.4, 0.5) is 5.69 Å². The quantitative estimate of drug-likeness (QED) is 0.313. The van der Waals surface area contributed by atoms with Crippen LogP contribution < -0.4 is 24.3 Å². The highest BCUT2D eigenvalue weighted by Crippen LogP contribution is 2.29. The van der Waals surface area contributed by atoms with E-state index in [9.17, 15) is 4.79 Å². The number of carbonyl (C=O) groups excluding carboxylic acids is 1. The largest absolute Gasteiger partial charge is 0.497 e. The first-order valence-corrected chi connectivity index (χ1v) is 11.8. The first-order valence-electron chi connectivity index (χ1n) is 11.8. The molecule has 0 atom stereocenters. The maximum atomic E-state index is 13.0. The second-order valence-electron chi connectivity index (χ2n) is 8.51. The van der Waals surface area contributed by atoms with E-state index in [1.165, 1.54) is 0 Å². The Kier molecular flexibility index (Phi) is 7.98. The van der Waals surface area contributed by atoms with Gasteiger partial charge in [0.05, 0.1) is 44.9 Å². The molecule has 4 aromatic rings. The average molecular weight is 502 g/mol. The van der Waals surface area contributed by atoms with Gasteiger partial charge in [0, 0.05) is 5.56 Å². The zero-order chi connectivity index (χ0) is 26.4. The lowest BCUT2D eigenvalue weighted by atomic mass is 10.1. The molecule has 4 rings (SSSR count). The molecule has 1 amide bonds. The zero-order valence-corrected chi connectivity index (χ0v) is 21.7. The van der Waals surface area contributed by atoms with E-state index in [-0.39, 0.29) is 5.91 Å². The molecule has 8 nitrogen and oxygen atoms in total. The Labute approximate surface area is 216 Å². The highest BCUT2D eigenvalue weighted by atomic mass is 16.5. The van der Waals surface area contributed by atoms with E-state index in [2.05, 4.69) is 10.4 Å². The Hall–Kier alpha value is -4.46. The fourth-order valence-electron chi connectivity index (χ4n) is 3.96. The predicted molar refractivity (Wildman–Crippen MR) is 142 cm³/mol. The molecule has 0 aliphatic rings. The molecule has 8 heteroatoms. The smallest absolute Gasteiger partial charge is 0.255 e. The number of ether oxygens (including phenoxy) is 4. The lowest BCUT2D eigenvalue weighted by Gasteiger charge is -2.11. The van der Waals surface area contributed by atoms with Crippen LogP contribution in [0.1, 0.15) is 32.9 Å². The van der Waals surface area contributed by atoms with Crippen LogP contribution in [0.2, 0.25) is 0 Å². The van der Waals surface area contributed by atoms with Crippen LogP contribution in [-0.2, 0) is 13.2 Å². The second-order valence-corrected chi connectivity index (χ2v) is 8.51. The number of carbonyl (C=O) groups is 1. The highest BCUT2D eigenvalue weighted by Gasteiger charge is 2.16. The Morgan fingerprint density at radius 2 is 1.46 bits per heavy atom. The third kappa shape index (κ3) is 6.03. The Bertz CT molecular complexity index is 1360. The highest BCUT2D eigenvalue weighted by molar-refractivity contribution is 6.04. The summed E-state index contributed by atoms with van der Waals surface area (Å²) in [5.41, 5.74) is 4.84. The van der Waals surface area contributed by atoms with Crippen molar-refractivity contribution in [3.05, 3.63) is 94.8 Å². The van der Waals surface area contributed by atoms with Crippen molar-refractivity contribution < 1.29 is 23.7 Å². The number of hydrogen-bond acceptors (Lipinski definition) is 6. The summed E-state index contributed by atoms with van der Waals surface area (Å²) in [6.45, 7) is 4.75. The van der Waals surface area contributed by atoms with Gasteiger partial charge in [-0.1, -0.05) is 18.2 Å². The van der Waals surface area contributed by atoms with Crippen LogP contribution in [0, 0.1) is 13.8 Å². The van der Waals surface area contributed by atoms with Crippen molar-refractivity contribution >= 4 is 11.6 Å². The van der Waals surface area contributed by atoms with E-state index in [1.54, 1.807) is 33.5 Å². The molecule has 0 bridgehead atoms. The van der Waals surface area contributed by atoms with Gasteiger partial charge in [-0.05, 0) is 73.5 Å². The third-order valence-corrected chi connectivity index (χ3v) is 6.08. The fourth-order valence-corrected chi connectivity index (χ4v) is 3.96. The topological polar surface area (TPSA) is 83.8 Å². The zero-order valence-electron chi connectivity index (χ0n) is 21.7. The van der Waals surface area contributed by atoms with Crippen molar-refractivity contribution in [2.24, 2.45) is 0 Å². The number of nitrogens with zero attached hydrogens (tertiary/aromatic N) is 2. The molecular weight excluding hydrogens is 470 g/mol. The lowest BCUT2D eigenvalue weighted by molar-refractivity contribution is 0.102. The van der Waals surface area contributed by atoms with Crippen LogP contribution in [0.5, 0.6) is 23.0 Å². The Balaban J connectivity index is 1.40. The number of benzene rings is 3. The summed E-state index contributed by atoms with van der Waals surface area (Å²) in [5, 5.41) is 7.65. The molecule has 3 aromatic carbocycles.